The molecule has 24 heavy (non-hydrogen) atoms. The molecule has 1 aromatic carbocycles. The first-order valence-electron chi connectivity index (χ1n) is 8.40. The molecule has 5 nitrogen and oxygen atoms in total. The molecule has 0 aliphatic carbocycles. The number of benzene rings is 1. The fourth-order valence-electron chi connectivity index (χ4n) is 2.68. The van der Waals surface area contributed by atoms with Gasteiger partial charge in [0.2, 0.25) is 5.91 Å². The Morgan fingerprint density at radius 1 is 1.33 bits per heavy atom. The number of methoxy groups -OCH3 is 1. The van der Waals surface area contributed by atoms with Gasteiger partial charge in [-0.15, -0.1) is 11.8 Å². The van der Waals surface area contributed by atoms with Gasteiger partial charge < -0.3 is 15.0 Å². The highest BCUT2D eigenvalue weighted by Crippen LogP contribution is 2.33. The largest absolute Gasteiger partial charge is 0.497 e. The Hall–Kier alpha value is -1.69. The van der Waals surface area contributed by atoms with Crippen molar-refractivity contribution in [1.29, 1.82) is 0 Å². The van der Waals surface area contributed by atoms with E-state index in [9.17, 15) is 9.59 Å². The molecule has 0 saturated carbocycles. The Balaban J connectivity index is 2.20. The highest BCUT2D eigenvalue weighted by Gasteiger charge is 2.41. The van der Waals surface area contributed by atoms with E-state index < -0.39 is 6.04 Å². The van der Waals surface area contributed by atoms with Crippen molar-refractivity contribution >= 4 is 23.6 Å². The van der Waals surface area contributed by atoms with E-state index in [1.165, 1.54) is 0 Å². The van der Waals surface area contributed by atoms with Crippen LogP contribution in [0.4, 0.5) is 0 Å². The van der Waals surface area contributed by atoms with Crippen LogP contribution in [0.15, 0.2) is 24.3 Å². The van der Waals surface area contributed by atoms with Crippen molar-refractivity contribution in [2.75, 3.05) is 12.9 Å². The molecule has 1 heterocycles. The number of rotatable bonds is 6. The zero-order valence-electron chi connectivity index (χ0n) is 14.7. The maximum atomic E-state index is 13.0. The lowest BCUT2D eigenvalue weighted by atomic mass is 10.1. The summed E-state index contributed by atoms with van der Waals surface area (Å²) in [6.07, 6.45) is 1.69. The molecule has 0 aromatic heterocycles. The summed E-state index contributed by atoms with van der Waals surface area (Å²) in [5.41, 5.74) is 0.582. The molecule has 3 atom stereocenters. The predicted molar refractivity (Wildman–Crippen MR) is 97.4 cm³/mol. The number of nitrogens with one attached hydrogen (secondary N) is 1. The minimum Gasteiger partial charge on any atom is -0.497 e. The van der Waals surface area contributed by atoms with Crippen molar-refractivity contribution in [3.8, 4) is 5.75 Å². The molecule has 1 aromatic rings. The average Bonchev–Trinajstić information content (AvgIpc) is 3.05. The first-order valence-corrected chi connectivity index (χ1v) is 9.45. The van der Waals surface area contributed by atoms with Gasteiger partial charge in [0.1, 0.15) is 11.8 Å². The number of hydrogen-bond donors (Lipinski definition) is 1. The molecule has 2 rings (SSSR count). The van der Waals surface area contributed by atoms with Crippen LogP contribution in [0, 0.1) is 0 Å². The predicted octanol–water partition coefficient (Wildman–Crippen LogP) is 2.90. The van der Waals surface area contributed by atoms with Crippen LogP contribution in [-0.2, 0) is 4.79 Å². The van der Waals surface area contributed by atoms with Crippen LogP contribution in [0.5, 0.6) is 5.75 Å². The quantitative estimate of drug-likeness (QED) is 0.857. The van der Waals surface area contributed by atoms with Crippen LogP contribution in [0.3, 0.4) is 0 Å². The van der Waals surface area contributed by atoms with Gasteiger partial charge in [-0.05, 0) is 44.0 Å². The highest BCUT2D eigenvalue weighted by molar-refractivity contribution is 8.00. The molecule has 0 bridgehead atoms. The van der Waals surface area contributed by atoms with E-state index in [0.717, 1.165) is 12.8 Å². The molecular formula is C18H26N2O3S. The second-order valence-corrected chi connectivity index (χ2v) is 7.18. The van der Waals surface area contributed by atoms with Gasteiger partial charge in [0, 0.05) is 17.4 Å². The van der Waals surface area contributed by atoms with Crippen LogP contribution in [0.25, 0.3) is 0 Å². The van der Waals surface area contributed by atoms with E-state index in [0.29, 0.717) is 17.1 Å². The van der Waals surface area contributed by atoms with E-state index in [1.807, 2.05) is 20.8 Å². The zero-order valence-corrected chi connectivity index (χ0v) is 15.6. The van der Waals surface area contributed by atoms with Gasteiger partial charge in [0.25, 0.3) is 5.91 Å². The summed E-state index contributed by atoms with van der Waals surface area (Å²) in [4.78, 5) is 27.3. The van der Waals surface area contributed by atoms with Crippen LogP contribution in [0.1, 0.15) is 44.0 Å². The molecule has 1 N–H and O–H groups in total. The minimum absolute atomic E-state index is 0.0345. The third-order valence-electron chi connectivity index (χ3n) is 4.32. The average molecular weight is 350 g/mol. The topological polar surface area (TPSA) is 58.6 Å². The van der Waals surface area contributed by atoms with Crippen molar-refractivity contribution in [2.45, 2.75) is 51.1 Å². The third kappa shape index (κ3) is 4.04. The Bertz CT molecular complexity index is 576. The van der Waals surface area contributed by atoms with Gasteiger partial charge in [-0.25, -0.2) is 0 Å². The minimum atomic E-state index is -0.413. The lowest BCUT2D eigenvalue weighted by Gasteiger charge is -2.29. The summed E-state index contributed by atoms with van der Waals surface area (Å²) < 4.78 is 5.14. The van der Waals surface area contributed by atoms with Crippen LogP contribution in [0.2, 0.25) is 0 Å². The number of carbonyl (C=O) groups is 2. The standard InChI is InChI=1S/C18H26N2O3S/c1-5-12(3)19-17(21)15-11-24-16(6-2)20(15)18(22)13-7-9-14(23-4)10-8-13/h7-10,12,15-16H,5-6,11H2,1-4H3,(H,19,21)/t12-,15+,16+/m0/s1. The number of amides is 2. The molecule has 0 spiro atoms. The van der Waals surface area contributed by atoms with Crippen molar-refractivity contribution < 1.29 is 14.3 Å². The van der Waals surface area contributed by atoms with Crippen molar-refractivity contribution in [1.82, 2.24) is 10.2 Å². The van der Waals surface area contributed by atoms with Gasteiger partial charge >= 0.3 is 0 Å². The summed E-state index contributed by atoms with van der Waals surface area (Å²) >= 11 is 1.67. The molecule has 0 radical (unpaired) electrons. The first-order chi connectivity index (χ1) is 11.5. The van der Waals surface area contributed by atoms with Gasteiger partial charge in [0.15, 0.2) is 0 Å². The Morgan fingerprint density at radius 3 is 2.54 bits per heavy atom. The lowest BCUT2D eigenvalue weighted by Crippen LogP contribution is -2.51. The normalized spacial score (nSPS) is 21.4. The van der Waals surface area contributed by atoms with E-state index in [2.05, 4.69) is 5.32 Å². The number of ether oxygens (including phenoxy) is 1. The SMILES string of the molecule is CC[C@H](C)NC(=O)[C@H]1CS[C@H](CC)N1C(=O)c1ccc(OC)cc1. The highest BCUT2D eigenvalue weighted by atomic mass is 32.2. The second kappa shape index (κ2) is 8.42. The monoisotopic (exact) mass is 350 g/mol. The zero-order chi connectivity index (χ0) is 17.7. The molecule has 1 saturated heterocycles. The second-order valence-electron chi connectivity index (χ2n) is 5.97. The van der Waals surface area contributed by atoms with Gasteiger partial charge in [-0.2, -0.15) is 0 Å². The molecule has 2 amide bonds. The summed E-state index contributed by atoms with van der Waals surface area (Å²) in [7, 11) is 1.59. The van der Waals surface area contributed by atoms with E-state index in [4.69, 9.17) is 4.74 Å². The molecule has 1 aliphatic rings. The summed E-state index contributed by atoms with van der Waals surface area (Å²) in [5, 5.41) is 3.04. The number of carbonyl (C=O) groups excluding carboxylic acids is 2. The first kappa shape index (κ1) is 18.6. The van der Waals surface area contributed by atoms with E-state index in [-0.39, 0.29) is 23.2 Å². The Morgan fingerprint density at radius 2 is 2.00 bits per heavy atom. The Kier molecular flexibility index (Phi) is 6.54. The number of thioether (sulfide) groups is 1. The van der Waals surface area contributed by atoms with E-state index >= 15 is 0 Å². The number of hydrogen-bond acceptors (Lipinski definition) is 4. The molecule has 1 aliphatic heterocycles. The summed E-state index contributed by atoms with van der Waals surface area (Å²) in [6, 6.07) is 6.74. The molecule has 1 fully saturated rings. The number of nitrogens with zero attached hydrogens (tertiary/aromatic N) is 1. The lowest BCUT2D eigenvalue weighted by molar-refractivity contribution is -0.125. The fourth-order valence-corrected chi connectivity index (χ4v) is 4.03. The van der Waals surface area contributed by atoms with Gasteiger partial charge in [-0.1, -0.05) is 13.8 Å². The van der Waals surface area contributed by atoms with Crippen molar-refractivity contribution in [2.24, 2.45) is 0 Å². The van der Waals surface area contributed by atoms with Crippen molar-refractivity contribution in [3.63, 3.8) is 0 Å². The van der Waals surface area contributed by atoms with Gasteiger partial charge in [-0.3, -0.25) is 9.59 Å². The van der Waals surface area contributed by atoms with Crippen molar-refractivity contribution in [3.05, 3.63) is 29.8 Å². The maximum absolute atomic E-state index is 13.0. The third-order valence-corrected chi connectivity index (χ3v) is 5.77. The summed E-state index contributed by atoms with van der Waals surface area (Å²) in [5.74, 6) is 1.19. The van der Waals surface area contributed by atoms with E-state index in [1.54, 1.807) is 48.0 Å². The molecule has 6 heteroatoms. The molecule has 0 unspecified atom stereocenters. The Labute approximate surface area is 148 Å². The maximum Gasteiger partial charge on any atom is 0.255 e. The van der Waals surface area contributed by atoms with Gasteiger partial charge in [0.05, 0.1) is 12.5 Å². The molecule has 132 valence electrons. The fraction of sp³-hybridized carbons (Fsp3) is 0.556. The summed E-state index contributed by atoms with van der Waals surface area (Å²) in [6.45, 7) is 6.05. The van der Waals surface area contributed by atoms with Crippen LogP contribution in [-0.4, -0.2) is 47.0 Å². The van der Waals surface area contributed by atoms with Crippen LogP contribution < -0.4 is 10.1 Å². The van der Waals surface area contributed by atoms with Crippen LogP contribution >= 0.6 is 11.8 Å². The molecular weight excluding hydrogens is 324 g/mol. The smallest absolute Gasteiger partial charge is 0.255 e.